The summed E-state index contributed by atoms with van der Waals surface area (Å²) in [6.45, 7) is 0. The van der Waals surface area contributed by atoms with Crippen LogP contribution >= 0.6 is 23.2 Å². The van der Waals surface area contributed by atoms with Gasteiger partial charge in [0.25, 0.3) is 11.6 Å². The number of nitrogens with zero attached hydrogens (tertiary/aromatic N) is 3. The zero-order valence-corrected chi connectivity index (χ0v) is 16.1. The molecule has 29 heavy (non-hydrogen) atoms. The first kappa shape index (κ1) is 20.2. The van der Waals surface area contributed by atoms with E-state index in [2.05, 4.69) is 15.5 Å². The van der Waals surface area contributed by atoms with Crippen LogP contribution in [0.3, 0.4) is 0 Å². The van der Waals surface area contributed by atoms with Gasteiger partial charge in [-0.25, -0.2) is 10.4 Å². The van der Waals surface area contributed by atoms with Crippen molar-refractivity contribution in [3.05, 3.63) is 92.1 Å². The van der Waals surface area contributed by atoms with Gasteiger partial charge in [-0.1, -0.05) is 23.2 Å². The molecule has 2 aromatic carbocycles. The number of pyridine rings is 1. The fraction of sp³-hybridized carbons (Fsp3) is 0. The summed E-state index contributed by atoms with van der Waals surface area (Å²) >= 11 is 11.7. The molecule has 0 aliphatic heterocycles. The highest BCUT2D eigenvalue weighted by Crippen LogP contribution is 2.23. The Balaban J connectivity index is 1.57. The first-order chi connectivity index (χ1) is 13.9. The number of hydrazone groups is 1. The lowest BCUT2D eigenvalue weighted by Gasteiger charge is -2.04. The van der Waals surface area contributed by atoms with Gasteiger partial charge < -0.3 is 4.74 Å². The van der Waals surface area contributed by atoms with E-state index in [0.717, 1.165) is 6.20 Å². The van der Waals surface area contributed by atoms with Gasteiger partial charge in [-0.3, -0.25) is 14.9 Å². The van der Waals surface area contributed by atoms with Crippen LogP contribution in [0.2, 0.25) is 10.0 Å². The van der Waals surface area contributed by atoms with Crippen LogP contribution in [0.25, 0.3) is 0 Å². The zero-order chi connectivity index (χ0) is 20.8. The highest BCUT2D eigenvalue weighted by atomic mass is 35.5. The number of carbonyl (C=O) groups is 1. The molecule has 0 saturated heterocycles. The van der Waals surface area contributed by atoms with E-state index >= 15 is 0 Å². The van der Waals surface area contributed by atoms with Gasteiger partial charge in [-0.05, 0) is 48.0 Å². The van der Waals surface area contributed by atoms with Crippen molar-refractivity contribution in [1.82, 2.24) is 10.4 Å². The quantitative estimate of drug-likeness (QED) is 0.341. The van der Waals surface area contributed by atoms with E-state index in [-0.39, 0.29) is 16.6 Å². The lowest BCUT2D eigenvalue weighted by Crippen LogP contribution is -2.17. The van der Waals surface area contributed by atoms with Crippen LogP contribution in [0.15, 0.2) is 65.9 Å². The molecule has 1 aromatic heterocycles. The van der Waals surface area contributed by atoms with Gasteiger partial charge in [0.15, 0.2) is 0 Å². The fourth-order valence-electron chi connectivity index (χ4n) is 2.15. The standard InChI is InChI=1S/C19H12Cl2N4O4/c20-16-7-3-13(9-17(16)21)19(26)24-23-10-12-1-5-15(6-2-12)29-18-8-4-14(11-22-18)25(27)28/h1-11H,(H,24,26). The number of rotatable bonds is 6. The van der Waals surface area contributed by atoms with Gasteiger partial charge in [0.2, 0.25) is 5.88 Å². The van der Waals surface area contributed by atoms with E-state index in [9.17, 15) is 14.9 Å². The minimum atomic E-state index is -0.536. The topological polar surface area (TPSA) is 107 Å². The number of hydrogen-bond donors (Lipinski definition) is 1. The summed E-state index contributed by atoms with van der Waals surface area (Å²) in [4.78, 5) is 26.0. The van der Waals surface area contributed by atoms with Crippen LogP contribution in [-0.4, -0.2) is 22.0 Å². The van der Waals surface area contributed by atoms with Gasteiger partial charge in [0, 0.05) is 17.7 Å². The molecule has 1 N–H and O–H groups in total. The summed E-state index contributed by atoms with van der Waals surface area (Å²) in [5, 5.41) is 15.2. The van der Waals surface area contributed by atoms with Crippen LogP contribution in [0.1, 0.15) is 15.9 Å². The average molecular weight is 431 g/mol. The summed E-state index contributed by atoms with van der Waals surface area (Å²) in [7, 11) is 0. The highest BCUT2D eigenvalue weighted by Gasteiger charge is 2.08. The Hall–Kier alpha value is -3.49. The number of carbonyl (C=O) groups excluding carboxylic acids is 1. The van der Waals surface area contributed by atoms with Crippen molar-refractivity contribution in [1.29, 1.82) is 0 Å². The molecule has 0 aliphatic carbocycles. The summed E-state index contributed by atoms with van der Waals surface area (Å²) < 4.78 is 5.52. The maximum atomic E-state index is 12.0. The van der Waals surface area contributed by atoms with Crippen molar-refractivity contribution in [2.45, 2.75) is 0 Å². The zero-order valence-electron chi connectivity index (χ0n) is 14.6. The predicted octanol–water partition coefficient (Wildman–Crippen LogP) is 4.85. The van der Waals surface area contributed by atoms with Crippen molar-refractivity contribution in [3.8, 4) is 11.6 Å². The van der Waals surface area contributed by atoms with Crippen LogP contribution < -0.4 is 10.2 Å². The summed E-state index contributed by atoms with van der Waals surface area (Å²) in [5.74, 6) is 0.290. The molecule has 0 saturated carbocycles. The maximum Gasteiger partial charge on any atom is 0.287 e. The number of benzene rings is 2. The second-order valence-electron chi connectivity index (χ2n) is 5.61. The van der Waals surface area contributed by atoms with Gasteiger partial charge in [0.1, 0.15) is 11.9 Å². The van der Waals surface area contributed by atoms with E-state index in [1.165, 1.54) is 36.5 Å². The molecule has 0 spiro atoms. The van der Waals surface area contributed by atoms with Crippen LogP contribution in [0.4, 0.5) is 5.69 Å². The molecule has 10 heteroatoms. The van der Waals surface area contributed by atoms with Crippen LogP contribution in [-0.2, 0) is 0 Å². The second kappa shape index (κ2) is 9.13. The van der Waals surface area contributed by atoms with E-state index in [4.69, 9.17) is 27.9 Å². The largest absolute Gasteiger partial charge is 0.439 e. The SMILES string of the molecule is O=C(NN=Cc1ccc(Oc2ccc([N+](=O)[O-])cn2)cc1)c1ccc(Cl)c(Cl)c1. The molecule has 8 nitrogen and oxygen atoms in total. The molecule has 146 valence electrons. The Kier molecular flexibility index (Phi) is 6.38. The lowest BCUT2D eigenvalue weighted by molar-refractivity contribution is -0.385. The van der Waals surface area contributed by atoms with Crippen molar-refractivity contribution in [3.63, 3.8) is 0 Å². The molecule has 0 aliphatic rings. The summed E-state index contributed by atoms with van der Waals surface area (Å²) in [6.07, 6.45) is 2.58. The minimum Gasteiger partial charge on any atom is -0.439 e. The molecule has 0 fully saturated rings. The van der Waals surface area contributed by atoms with Gasteiger partial charge in [0.05, 0.1) is 21.2 Å². The summed E-state index contributed by atoms with van der Waals surface area (Å²) in [5.41, 5.74) is 3.32. The van der Waals surface area contributed by atoms with Gasteiger partial charge in [-0.2, -0.15) is 5.10 Å². The third-order valence-corrected chi connectivity index (χ3v) is 4.33. The number of ether oxygens (including phenoxy) is 1. The molecular formula is C19H12Cl2N4O4. The van der Waals surface area contributed by atoms with E-state index < -0.39 is 10.8 Å². The smallest absolute Gasteiger partial charge is 0.287 e. The number of nitro groups is 1. The first-order valence-electron chi connectivity index (χ1n) is 8.09. The lowest BCUT2D eigenvalue weighted by atomic mass is 10.2. The number of nitrogens with one attached hydrogen (secondary N) is 1. The van der Waals surface area contributed by atoms with Crippen LogP contribution in [0, 0.1) is 10.1 Å². The Morgan fingerprint density at radius 1 is 1.10 bits per heavy atom. The monoisotopic (exact) mass is 430 g/mol. The Morgan fingerprint density at radius 3 is 2.48 bits per heavy atom. The minimum absolute atomic E-state index is 0.119. The number of amides is 1. The molecule has 0 radical (unpaired) electrons. The van der Waals surface area contributed by atoms with Crippen molar-refractivity contribution in [2.24, 2.45) is 5.10 Å². The van der Waals surface area contributed by atoms with Crippen LogP contribution in [0.5, 0.6) is 11.6 Å². The number of halogens is 2. The summed E-state index contributed by atoms with van der Waals surface area (Å²) in [6, 6.07) is 14.0. The Bertz CT molecular complexity index is 1070. The van der Waals surface area contributed by atoms with E-state index in [1.807, 2.05) is 0 Å². The molecular weight excluding hydrogens is 419 g/mol. The van der Waals surface area contributed by atoms with Gasteiger partial charge >= 0.3 is 0 Å². The molecule has 1 heterocycles. The normalized spacial score (nSPS) is 10.7. The van der Waals surface area contributed by atoms with Gasteiger partial charge in [-0.15, -0.1) is 0 Å². The molecule has 0 atom stereocenters. The van der Waals surface area contributed by atoms with Crippen molar-refractivity contribution < 1.29 is 14.5 Å². The second-order valence-corrected chi connectivity index (χ2v) is 6.43. The van der Waals surface area contributed by atoms with E-state index in [1.54, 1.807) is 24.3 Å². The third-order valence-electron chi connectivity index (χ3n) is 3.60. The highest BCUT2D eigenvalue weighted by molar-refractivity contribution is 6.42. The first-order valence-corrected chi connectivity index (χ1v) is 8.85. The third kappa shape index (κ3) is 5.50. The van der Waals surface area contributed by atoms with Crippen molar-refractivity contribution >= 4 is 41.0 Å². The maximum absolute atomic E-state index is 12.0. The number of aromatic nitrogens is 1. The molecule has 0 unspecified atom stereocenters. The molecule has 0 bridgehead atoms. The molecule has 3 rings (SSSR count). The fourth-order valence-corrected chi connectivity index (χ4v) is 2.45. The number of hydrogen-bond acceptors (Lipinski definition) is 6. The Morgan fingerprint density at radius 2 is 1.86 bits per heavy atom. The van der Waals surface area contributed by atoms with E-state index in [0.29, 0.717) is 21.9 Å². The predicted molar refractivity (Wildman–Crippen MR) is 109 cm³/mol. The molecule has 1 amide bonds. The molecule has 3 aromatic rings. The Labute approximate surface area is 174 Å². The average Bonchev–Trinajstić information content (AvgIpc) is 2.71. The van der Waals surface area contributed by atoms with Crippen molar-refractivity contribution in [2.75, 3.05) is 0 Å².